The molecule has 0 spiro atoms. The van der Waals surface area contributed by atoms with Crippen molar-refractivity contribution in [2.45, 2.75) is 4.83 Å². The van der Waals surface area contributed by atoms with E-state index in [0.29, 0.717) is 8.67 Å². The Bertz CT molecular complexity index is 556. The first-order valence-corrected chi connectivity index (χ1v) is 7.39. The molecule has 0 fully saturated rings. The van der Waals surface area contributed by atoms with Crippen LogP contribution in [0, 0.1) is 5.82 Å². The smallest absolute Gasteiger partial charge is 0.142 e. The zero-order valence-corrected chi connectivity index (χ0v) is 12.9. The van der Waals surface area contributed by atoms with Gasteiger partial charge in [0.1, 0.15) is 5.82 Å². The minimum absolute atomic E-state index is 0.0999. The van der Waals surface area contributed by atoms with Crippen LogP contribution in [0.2, 0.25) is 13.7 Å². The van der Waals surface area contributed by atoms with Crippen LogP contribution in [0.3, 0.4) is 0 Å². The zero-order chi connectivity index (χ0) is 12.6. The average Bonchev–Trinajstić information content (AvgIpc) is 2.61. The van der Waals surface area contributed by atoms with E-state index in [2.05, 4.69) is 15.9 Å². The van der Waals surface area contributed by atoms with Gasteiger partial charge >= 0.3 is 0 Å². The Labute approximate surface area is 125 Å². The Kier molecular flexibility index (Phi) is 4.37. The summed E-state index contributed by atoms with van der Waals surface area (Å²) in [5.74, 6) is -0.453. The molecule has 1 unspecified atom stereocenters. The van der Waals surface area contributed by atoms with Crippen LogP contribution < -0.4 is 0 Å². The number of rotatable bonds is 2. The van der Waals surface area contributed by atoms with Crippen LogP contribution in [-0.2, 0) is 0 Å². The minimum Gasteiger partial charge on any atom is -0.205 e. The molecule has 0 nitrogen and oxygen atoms in total. The first kappa shape index (κ1) is 13.6. The van der Waals surface area contributed by atoms with Gasteiger partial charge < -0.3 is 0 Å². The number of thiophene rings is 1. The van der Waals surface area contributed by atoms with Crippen molar-refractivity contribution >= 4 is 62.1 Å². The molecule has 1 heterocycles. The number of alkyl halides is 1. The van der Waals surface area contributed by atoms with E-state index in [1.165, 1.54) is 23.5 Å². The Morgan fingerprint density at radius 2 is 1.88 bits per heavy atom. The predicted molar refractivity (Wildman–Crippen MR) is 76.5 cm³/mol. The summed E-state index contributed by atoms with van der Waals surface area (Å²) in [6, 6.07) is 6.40. The lowest BCUT2D eigenvalue weighted by Crippen LogP contribution is -1.92. The van der Waals surface area contributed by atoms with E-state index in [1.54, 1.807) is 12.1 Å². The zero-order valence-electron chi connectivity index (χ0n) is 8.18. The summed E-state index contributed by atoms with van der Waals surface area (Å²) in [7, 11) is 0. The lowest BCUT2D eigenvalue weighted by atomic mass is 10.1. The van der Waals surface area contributed by atoms with Crippen LogP contribution >= 0.6 is 62.1 Å². The van der Waals surface area contributed by atoms with Crippen LogP contribution in [0.15, 0.2) is 24.3 Å². The molecule has 1 aromatic heterocycles. The second-order valence-electron chi connectivity index (χ2n) is 3.32. The summed E-state index contributed by atoms with van der Waals surface area (Å²) in [6.45, 7) is 0. The van der Waals surface area contributed by atoms with Gasteiger partial charge in [-0.25, -0.2) is 4.39 Å². The summed E-state index contributed by atoms with van der Waals surface area (Å²) >= 11 is 22.3. The number of halogens is 5. The van der Waals surface area contributed by atoms with E-state index in [9.17, 15) is 4.39 Å². The molecule has 0 amide bonds. The van der Waals surface area contributed by atoms with Gasteiger partial charge in [-0.3, -0.25) is 0 Å². The van der Waals surface area contributed by atoms with E-state index in [4.69, 9.17) is 34.8 Å². The van der Waals surface area contributed by atoms with Crippen LogP contribution in [0.4, 0.5) is 4.39 Å². The van der Waals surface area contributed by atoms with Gasteiger partial charge in [0.15, 0.2) is 0 Å². The molecule has 0 aliphatic heterocycles. The van der Waals surface area contributed by atoms with E-state index in [-0.39, 0.29) is 9.85 Å². The standard InChI is InChI=1S/C11H5BrCl3FS/c12-10(6-4-9(14)17-11(6)15)5-1-2-7(13)8(16)3-5/h1-4,10H. The summed E-state index contributed by atoms with van der Waals surface area (Å²) in [5.41, 5.74) is 1.56. The van der Waals surface area contributed by atoms with Gasteiger partial charge in [0.2, 0.25) is 0 Å². The van der Waals surface area contributed by atoms with Crippen molar-refractivity contribution in [3.05, 3.63) is 54.9 Å². The van der Waals surface area contributed by atoms with Crippen molar-refractivity contribution in [3.8, 4) is 0 Å². The monoisotopic (exact) mass is 372 g/mol. The normalized spacial score (nSPS) is 12.8. The second kappa shape index (κ2) is 5.45. The number of hydrogen-bond acceptors (Lipinski definition) is 1. The number of hydrogen-bond donors (Lipinski definition) is 0. The lowest BCUT2D eigenvalue weighted by Gasteiger charge is -2.09. The van der Waals surface area contributed by atoms with Gasteiger partial charge in [-0.2, -0.15) is 0 Å². The molecule has 90 valence electrons. The molecule has 6 heteroatoms. The highest BCUT2D eigenvalue weighted by atomic mass is 79.9. The molecule has 0 aliphatic carbocycles. The van der Waals surface area contributed by atoms with Gasteiger partial charge in [0.25, 0.3) is 0 Å². The highest BCUT2D eigenvalue weighted by Crippen LogP contribution is 2.41. The van der Waals surface area contributed by atoms with E-state index < -0.39 is 5.82 Å². The predicted octanol–water partition coefficient (Wildman–Crippen LogP) is 6.33. The fourth-order valence-electron chi connectivity index (χ4n) is 1.38. The molecule has 1 atom stereocenters. The van der Waals surface area contributed by atoms with Gasteiger partial charge in [-0.15, -0.1) is 11.3 Å². The maximum absolute atomic E-state index is 13.4. The van der Waals surface area contributed by atoms with Crippen molar-refractivity contribution in [1.29, 1.82) is 0 Å². The maximum Gasteiger partial charge on any atom is 0.142 e. The molecule has 0 radical (unpaired) electrons. The van der Waals surface area contributed by atoms with Crippen LogP contribution in [0.25, 0.3) is 0 Å². The Hall–Kier alpha value is 0.200. The maximum atomic E-state index is 13.4. The molecule has 0 N–H and O–H groups in total. The molecular formula is C11H5BrCl3FS. The van der Waals surface area contributed by atoms with Crippen molar-refractivity contribution in [1.82, 2.24) is 0 Å². The lowest BCUT2D eigenvalue weighted by molar-refractivity contribution is 0.626. The fourth-order valence-corrected chi connectivity index (χ4v) is 3.95. The van der Waals surface area contributed by atoms with E-state index in [1.807, 2.05) is 0 Å². The molecule has 0 saturated heterocycles. The van der Waals surface area contributed by atoms with Crippen LogP contribution in [-0.4, -0.2) is 0 Å². The third kappa shape index (κ3) is 2.96. The Balaban J connectivity index is 2.40. The third-order valence-corrected chi connectivity index (χ3v) is 5.04. The first-order chi connectivity index (χ1) is 7.99. The minimum atomic E-state index is -0.453. The summed E-state index contributed by atoms with van der Waals surface area (Å²) in [5, 5.41) is 0.0999. The summed E-state index contributed by atoms with van der Waals surface area (Å²) in [6.07, 6.45) is 0. The van der Waals surface area contributed by atoms with Crippen molar-refractivity contribution in [2.75, 3.05) is 0 Å². The van der Waals surface area contributed by atoms with E-state index in [0.717, 1.165) is 11.1 Å². The summed E-state index contributed by atoms with van der Waals surface area (Å²) in [4.78, 5) is -0.203. The van der Waals surface area contributed by atoms with Crippen molar-refractivity contribution in [3.63, 3.8) is 0 Å². The third-order valence-electron chi connectivity index (χ3n) is 2.19. The highest BCUT2D eigenvalue weighted by molar-refractivity contribution is 9.09. The average molecular weight is 374 g/mol. The summed E-state index contributed by atoms with van der Waals surface area (Å²) < 4.78 is 14.5. The Morgan fingerprint density at radius 3 is 2.41 bits per heavy atom. The van der Waals surface area contributed by atoms with E-state index >= 15 is 0 Å². The molecular weight excluding hydrogens is 369 g/mol. The molecule has 1 aromatic carbocycles. The van der Waals surface area contributed by atoms with Crippen molar-refractivity contribution in [2.24, 2.45) is 0 Å². The molecule has 2 rings (SSSR count). The first-order valence-electron chi connectivity index (χ1n) is 4.53. The topological polar surface area (TPSA) is 0 Å². The Morgan fingerprint density at radius 1 is 1.18 bits per heavy atom. The molecule has 2 aromatic rings. The quantitative estimate of drug-likeness (QED) is 0.539. The molecule has 0 bridgehead atoms. The number of benzene rings is 1. The fraction of sp³-hybridized carbons (Fsp3) is 0.0909. The van der Waals surface area contributed by atoms with Gasteiger partial charge in [-0.1, -0.05) is 56.8 Å². The van der Waals surface area contributed by atoms with Crippen LogP contribution in [0.1, 0.15) is 16.0 Å². The molecule has 0 saturated carbocycles. The van der Waals surface area contributed by atoms with Crippen molar-refractivity contribution < 1.29 is 4.39 Å². The SMILES string of the molecule is Fc1cc(C(Br)c2cc(Cl)sc2Cl)ccc1Cl. The highest BCUT2D eigenvalue weighted by Gasteiger charge is 2.17. The molecule has 0 aliphatic rings. The van der Waals surface area contributed by atoms with Gasteiger partial charge in [0, 0.05) is 5.56 Å². The van der Waals surface area contributed by atoms with Crippen LogP contribution in [0.5, 0.6) is 0 Å². The van der Waals surface area contributed by atoms with Gasteiger partial charge in [0.05, 0.1) is 18.5 Å². The largest absolute Gasteiger partial charge is 0.205 e. The second-order valence-corrected chi connectivity index (χ2v) is 6.92. The van der Waals surface area contributed by atoms with Gasteiger partial charge in [-0.05, 0) is 23.8 Å². The molecule has 17 heavy (non-hydrogen) atoms.